The number of hydrazine groups is 1. The zero-order valence-corrected chi connectivity index (χ0v) is 16.2. The van der Waals surface area contributed by atoms with Gasteiger partial charge in [-0.2, -0.15) is 4.98 Å². The number of hydrogen-bond donors (Lipinski definition) is 4. The summed E-state index contributed by atoms with van der Waals surface area (Å²) in [5.41, 5.74) is 8.43. The average molecular weight is 390 g/mol. The summed E-state index contributed by atoms with van der Waals surface area (Å²) in [5, 5.41) is 3.27. The van der Waals surface area contributed by atoms with Crippen molar-refractivity contribution in [1.29, 1.82) is 0 Å². The third-order valence-corrected chi connectivity index (χ3v) is 4.34. The predicted molar refractivity (Wildman–Crippen MR) is 108 cm³/mol. The van der Waals surface area contributed by atoms with Crippen molar-refractivity contribution >= 4 is 34.0 Å². The SMILES string of the molecule is CN(C)CCNc1nc(NNc2ccc(N=[S-](=O)O)cc2)cc(C2CC2)n1. The molecule has 1 aromatic carbocycles. The molecule has 1 aliphatic carbocycles. The average Bonchev–Trinajstić information content (AvgIpc) is 3.45. The van der Waals surface area contributed by atoms with Crippen molar-refractivity contribution < 1.29 is 8.76 Å². The second kappa shape index (κ2) is 8.98. The number of benzene rings is 1. The van der Waals surface area contributed by atoms with Crippen LogP contribution in [0, 0.1) is 0 Å². The van der Waals surface area contributed by atoms with Gasteiger partial charge in [0.2, 0.25) is 5.95 Å². The Balaban J connectivity index is 1.65. The second-order valence-corrected chi connectivity index (χ2v) is 7.27. The first-order chi connectivity index (χ1) is 13.0. The molecule has 4 N–H and O–H groups in total. The third-order valence-electron chi connectivity index (χ3n) is 3.97. The summed E-state index contributed by atoms with van der Waals surface area (Å²) in [6.07, 6.45) is 2.33. The monoisotopic (exact) mass is 390 g/mol. The minimum absolute atomic E-state index is 0.437. The Morgan fingerprint density at radius 2 is 1.96 bits per heavy atom. The van der Waals surface area contributed by atoms with Gasteiger partial charge in [-0.1, -0.05) is 10.9 Å². The summed E-state index contributed by atoms with van der Waals surface area (Å²) in [6, 6.07) is 8.79. The summed E-state index contributed by atoms with van der Waals surface area (Å²) in [7, 11) is 1.84. The first-order valence-electron chi connectivity index (χ1n) is 8.72. The van der Waals surface area contributed by atoms with Gasteiger partial charge < -0.3 is 23.3 Å². The molecular weight excluding hydrogens is 366 g/mol. The van der Waals surface area contributed by atoms with Crippen molar-refractivity contribution in [2.45, 2.75) is 18.8 Å². The van der Waals surface area contributed by atoms with E-state index in [1.807, 2.05) is 20.2 Å². The van der Waals surface area contributed by atoms with Gasteiger partial charge in [-0.3, -0.25) is 10.9 Å². The van der Waals surface area contributed by atoms with Crippen LogP contribution in [0.15, 0.2) is 34.7 Å². The molecule has 1 heterocycles. The standard InChI is InChI=1S/C17H24N7O2S/c1-24(2)10-9-18-17-19-15(12-3-4-12)11-16(20-17)22-21-13-5-7-14(8-6-13)23-27(25)26/h5-8,11-12,21H,3-4,9-10H2,1-2H3,(H,23,25,26)(H2,18,19,20,22)/q-1. The molecule has 1 fully saturated rings. The quantitative estimate of drug-likeness (QED) is 0.293. The second-order valence-electron chi connectivity index (χ2n) is 6.62. The largest absolute Gasteiger partial charge is 0.454 e. The fourth-order valence-electron chi connectivity index (χ4n) is 2.42. The van der Waals surface area contributed by atoms with Crippen LogP contribution in [0.2, 0.25) is 0 Å². The highest BCUT2D eigenvalue weighted by Gasteiger charge is 2.26. The first kappa shape index (κ1) is 19.3. The van der Waals surface area contributed by atoms with Crippen LogP contribution in [0.5, 0.6) is 0 Å². The highest BCUT2D eigenvalue weighted by molar-refractivity contribution is 7.68. The van der Waals surface area contributed by atoms with Gasteiger partial charge in [-0.15, -0.1) is 0 Å². The third kappa shape index (κ3) is 6.35. The van der Waals surface area contributed by atoms with Crippen LogP contribution in [0.3, 0.4) is 0 Å². The van der Waals surface area contributed by atoms with Crippen LogP contribution in [0.25, 0.3) is 0 Å². The number of hydrogen-bond acceptors (Lipinski definition) is 9. The molecule has 0 atom stereocenters. The van der Waals surface area contributed by atoms with Gasteiger partial charge in [0, 0.05) is 30.8 Å². The maximum Gasteiger partial charge on any atom is 0.224 e. The molecule has 3 rings (SSSR count). The molecule has 27 heavy (non-hydrogen) atoms. The van der Waals surface area contributed by atoms with Gasteiger partial charge in [0.1, 0.15) is 5.82 Å². The fourth-order valence-corrected chi connectivity index (χ4v) is 2.72. The zero-order valence-electron chi connectivity index (χ0n) is 15.3. The van der Waals surface area contributed by atoms with Crippen molar-refractivity contribution in [3.05, 3.63) is 36.0 Å². The molecule has 0 amide bonds. The van der Waals surface area contributed by atoms with Crippen molar-refractivity contribution in [3.8, 4) is 0 Å². The van der Waals surface area contributed by atoms with E-state index in [-0.39, 0.29) is 0 Å². The Hall–Kier alpha value is -2.43. The van der Waals surface area contributed by atoms with Crippen LogP contribution in [0.4, 0.5) is 23.1 Å². The van der Waals surface area contributed by atoms with E-state index in [0.717, 1.165) is 37.3 Å². The zero-order chi connectivity index (χ0) is 19.2. The topological polar surface area (TPSA) is 115 Å². The van der Waals surface area contributed by atoms with E-state index in [2.05, 4.69) is 35.4 Å². The number of anilines is 3. The van der Waals surface area contributed by atoms with E-state index < -0.39 is 10.9 Å². The fraction of sp³-hybridized carbons (Fsp3) is 0.412. The van der Waals surface area contributed by atoms with Crippen LogP contribution < -0.4 is 16.2 Å². The molecule has 0 saturated heterocycles. The summed E-state index contributed by atoms with van der Waals surface area (Å²) in [6.45, 7) is 1.67. The van der Waals surface area contributed by atoms with Crippen LogP contribution in [0.1, 0.15) is 24.5 Å². The normalized spacial score (nSPS) is 15.0. The van der Waals surface area contributed by atoms with Crippen molar-refractivity contribution in [3.63, 3.8) is 0 Å². The maximum absolute atomic E-state index is 10.7. The number of likely N-dealkylation sites (N-methyl/N-ethyl adjacent to an activating group) is 1. The van der Waals surface area contributed by atoms with Crippen molar-refractivity contribution in [1.82, 2.24) is 14.9 Å². The first-order valence-corrected chi connectivity index (χ1v) is 9.78. The molecule has 9 nitrogen and oxygen atoms in total. The van der Waals surface area contributed by atoms with Crippen LogP contribution in [-0.2, 0) is 15.1 Å². The van der Waals surface area contributed by atoms with E-state index >= 15 is 0 Å². The molecule has 2 aromatic rings. The van der Waals surface area contributed by atoms with E-state index in [1.54, 1.807) is 24.3 Å². The predicted octanol–water partition coefficient (Wildman–Crippen LogP) is 3.02. The number of nitrogens with one attached hydrogen (secondary N) is 3. The number of aromatic nitrogens is 2. The minimum atomic E-state index is -2.20. The van der Waals surface area contributed by atoms with Gasteiger partial charge in [0.25, 0.3) is 0 Å². The smallest absolute Gasteiger partial charge is 0.224 e. The van der Waals surface area contributed by atoms with E-state index in [0.29, 0.717) is 23.4 Å². The maximum atomic E-state index is 10.7. The molecule has 0 spiro atoms. The van der Waals surface area contributed by atoms with Crippen LogP contribution >= 0.6 is 0 Å². The molecular formula is C17H24N7O2S-. The lowest BCUT2D eigenvalue weighted by Crippen LogP contribution is -2.22. The molecule has 1 aliphatic rings. The molecule has 0 unspecified atom stereocenters. The lowest BCUT2D eigenvalue weighted by molar-refractivity contribution is 0.425. The molecule has 146 valence electrons. The highest BCUT2D eigenvalue weighted by atomic mass is 32.2. The molecule has 10 heteroatoms. The number of nitrogens with zero attached hydrogens (tertiary/aromatic N) is 4. The lowest BCUT2D eigenvalue weighted by atomic mass is 10.3. The van der Waals surface area contributed by atoms with Gasteiger partial charge >= 0.3 is 0 Å². The summed E-state index contributed by atoms with van der Waals surface area (Å²) in [4.78, 5) is 11.2. The Morgan fingerprint density at radius 1 is 1.22 bits per heavy atom. The van der Waals surface area contributed by atoms with Gasteiger partial charge in [-0.25, -0.2) is 4.98 Å². The molecule has 0 aliphatic heterocycles. The van der Waals surface area contributed by atoms with Crippen molar-refractivity contribution in [2.24, 2.45) is 4.36 Å². The van der Waals surface area contributed by atoms with Crippen LogP contribution in [-0.4, -0.2) is 46.6 Å². The Labute approximate surface area is 160 Å². The van der Waals surface area contributed by atoms with Crippen molar-refractivity contribution in [2.75, 3.05) is 43.4 Å². The Kier molecular flexibility index (Phi) is 6.43. The molecule has 0 radical (unpaired) electrons. The lowest BCUT2D eigenvalue weighted by Gasteiger charge is -2.14. The molecule has 1 aromatic heterocycles. The van der Waals surface area contributed by atoms with E-state index in [4.69, 9.17) is 4.55 Å². The van der Waals surface area contributed by atoms with Gasteiger partial charge in [0.05, 0.1) is 11.4 Å². The molecule has 1 saturated carbocycles. The van der Waals surface area contributed by atoms with Gasteiger partial charge in [0.15, 0.2) is 0 Å². The van der Waals surface area contributed by atoms with E-state index in [1.165, 1.54) is 0 Å². The summed E-state index contributed by atoms with van der Waals surface area (Å²) >= 11 is 0. The summed E-state index contributed by atoms with van der Waals surface area (Å²) < 4.78 is 23.0. The Bertz CT molecular complexity index is 847. The van der Waals surface area contributed by atoms with Gasteiger partial charge in [-0.05, 0) is 51.2 Å². The Morgan fingerprint density at radius 3 is 2.59 bits per heavy atom. The minimum Gasteiger partial charge on any atom is -0.454 e. The number of rotatable bonds is 9. The van der Waals surface area contributed by atoms with E-state index in [9.17, 15) is 4.21 Å². The summed E-state index contributed by atoms with van der Waals surface area (Å²) in [5.74, 6) is 1.82. The highest BCUT2D eigenvalue weighted by Crippen LogP contribution is 2.39. The molecule has 0 bridgehead atoms.